The summed E-state index contributed by atoms with van der Waals surface area (Å²) in [5.74, 6) is 0.183. The molecule has 1 saturated carbocycles. The normalized spacial score (nSPS) is 19.7. The molecule has 1 N–H and O–H groups in total. The van der Waals surface area contributed by atoms with Crippen LogP contribution in [0.3, 0.4) is 0 Å². The SMILES string of the molecule is CC(CS(C)(=O)=O)NC1(c2cccc(Br)c2)CCC1. The van der Waals surface area contributed by atoms with Crippen molar-refractivity contribution in [3.05, 3.63) is 34.3 Å². The largest absolute Gasteiger partial charge is 0.304 e. The molecular formula is C14H20BrNO2S. The fourth-order valence-electron chi connectivity index (χ4n) is 2.80. The van der Waals surface area contributed by atoms with Gasteiger partial charge in [0.05, 0.1) is 5.75 Å². The Morgan fingerprint density at radius 2 is 2.11 bits per heavy atom. The van der Waals surface area contributed by atoms with Gasteiger partial charge in [-0.3, -0.25) is 0 Å². The van der Waals surface area contributed by atoms with Crippen molar-refractivity contribution >= 4 is 25.8 Å². The third kappa shape index (κ3) is 3.80. The number of nitrogens with one attached hydrogen (secondary N) is 1. The van der Waals surface area contributed by atoms with Gasteiger partial charge in [-0.1, -0.05) is 28.1 Å². The van der Waals surface area contributed by atoms with Gasteiger partial charge in [0, 0.05) is 22.3 Å². The van der Waals surface area contributed by atoms with Gasteiger partial charge in [-0.15, -0.1) is 0 Å². The van der Waals surface area contributed by atoms with E-state index in [2.05, 4.69) is 33.4 Å². The highest BCUT2D eigenvalue weighted by atomic mass is 79.9. The molecule has 1 atom stereocenters. The van der Waals surface area contributed by atoms with E-state index in [1.807, 2.05) is 19.1 Å². The van der Waals surface area contributed by atoms with Crippen molar-refractivity contribution in [2.75, 3.05) is 12.0 Å². The number of hydrogen-bond acceptors (Lipinski definition) is 3. The minimum absolute atomic E-state index is 0.0331. The van der Waals surface area contributed by atoms with Crippen LogP contribution in [0.15, 0.2) is 28.7 Å². The van der Waals surface area contributed by atoms with Crippen molar-refractivity contribution < 1.29 is 8.42 Å². The molecule has 0 amide bonds. The molecule has 0 spiro atoms. The van der Waals surface area contributed by atoms with Crippen molar-refractivity contribution in [3.63, 3.8) is 0 Å². The topological polar surface area (TPSA) is 46.2 Å². The Kier molecular flexibility index (Phi) is 4.38. The highest BCUT2D eigenvalue weighted by Gasteiger charge is 2.39. The predicted molar refractivity (Wildman–Crippen MR) is 82.0 cm³/mol. The first-order valence-corrected chi connectivity index (χ1v) is 9.38. The zero-order valence-electron chi connectivity index (χ0n) is 11.3. The summed E-state index contributed by atoms with van der Waals surface area (Å²) in [5.41, 5.74) is 1.20. The summed E-state index contributed by atoms with van der Waals surface area (Å²) in [4.78, 5) is 0. The van der Waals surface area contributed by atoms with Crippen LogP contribution < -0.4 is 5.32 Å². The number of halogens is 1. The first-order valence-electron chi connectivity index (χ1n) is 6.52. The molecule has 5 heteroatoms. The molecular weight excluding hydrogens is 326 g/mol. The highest BCUT2D eigenvalue weighted by Crippen LogP contribution is 2.42. The molecule has 3 nitrogen and oxygen atoms in total. The Bertz CT molecular complexity index is 552. The molecule has 19 heavy (non-hydrogen) atoms. The lowest BCUT2D eigenvalue weighted by Gasteiger charge is -2.45. The van der Waals surface area contributed by atoms with Gasteiger partial charge in [0.15, 0.2) is 0 Å². The number of hydrogen-bond donors (Lipinski definition) is 1. The maximum absolute atomic E-state index is 11.4. The van der Waals surface area contributed by atoms with E-state index in [1.165, 1.54) is 18.2 Å². The molecule has 1 aromatic carbocycles. The van der Waals surface area contributed by atoms with Crippen LogP contribution >= 0.6 is 15.9 Å². The van der Waals surface area contributed by atoms with E-state index in [1.54, 1.807) is 0 Å². The van der Waals surface area contributed by atoms with Gasteiger partial charge in [0.2, 0.25) is 0 Å². The second-order valence-electron chi connectivity index (χ2n) is 5.58. The average molecular weight is 346 g/mol. The molecule has 1 fully saturated rings. The van der Waals surface area contributed by atoms with Gasteiger partial charge in [0.1, 0.15) is 9.84 Å². The number of sulfone groups is 1. The summed E-state index contributed by atoms with van der Waals surface area (Å²) in [5, 5.41) is 3.53. The lowest BCUT2D eigenvalue weighted by molar-refractivity contribution is 0.171. The van der Waals surface area contributed by atoms with Crippen molar-refractivity contribution in [2.24, 2.45) is 0 Å². The summed E-state index contributed by atoms with van der Waals surface area (Å²) in [7, 11) is -2.94. The monoisotopic (exact) mass is 345 g/mol. The van der Waals surface area contributed by atoms with E-state index in [0.29, 0.717) is 0 Å². The first kappa shape index (κ1) is 15.0. The molecule has 0 bridgehead atoms. The molecule has 1 aliphatic carbocycles. The maximum atomic E-state index is 11.4. The maximum Gasteiger partial charge on any atom is 0.148 e. The molecule has 1 aliphatic rings. The Balaban J connectivity index is 2.15. The lowest BCUT2D eigenvalue weighted by Crippen LogP contribution is -2.53. The zero-order chi connectivity index (χ0) is 14.1. The minimum atomic E-state index is -2.94. The van der Waals surface area contributed by atoms with Crippen LogP contribution in [0.1, 0.15) is 31.7 Å². The standard InChI is InChI=1S/C14H20BrNO2S/c1-11(10-19(2,17)18)16-14(7-4-8-14)12-5-3-6-13(15)9-12/h3,5-6,9,11,16H,4,7-8,10H2,1-2H3. The summed E-state index contributed by atoms with van der Waals surface area (Å²) >= 11 is 3.50. The molecule has 0 aromatic heterocycles. The van der Waals surface area contributed by atoms with Crippen molar-refractivity contribution in [2.45, 2.75) is 37.8 Å². The van der Waals surface area contributed by atoms with Crippen LogP contribution in [-0.2, 0) is 15.4 Å². The van der Waals surface area contributed by atoms with E-state index in [0.717, 1.165) is 17.3 Å². The van der Waals surface area contributed by atoms with Gasteiger partial charge in [0.25, 0.3) is 0 Å². The second kappa shape index (κ2) is 5.54. The molecule has 2 rings (SSSR count). The van der Waals surface area contributed by atoms with Gasteiger partial charge in [-0.05, 0) is 43.9 Å². The van der Waals surface area contributed by atoms with E-state index in [9.17, 15) is 8.42 Å². The molecule has 0 radical (unpaired) electrons. The van der Waals surface area contributed by atoms with Crippen LogP contribution in [0.25, 0.3) is 0 Å². The summed E-state index contributed by atoms with van der Waals surface area (Å²) in [6.07, 6.45) is 4.61. The van der Waals surface area contributed by atoms with Crippen molar-refractivity contribution in [1.29, 1.82) is 0 Å². The van der Waals surface area contributed by atoms with Crippen LogP contribution in [0, 0.1) is 0 Å². The van der Waals surface area contributed by atoms with E-state index in [-0.39, 0.29) is 17.3 Å². The van der Waals surface area contributed by atoms with Crippen LogP contribution in [0.5, 0.6) is 0 Å². The molecule has 1 aromatic rings. The smallest absolute Gasteiger partial charge is 0.148 e. The van der Waals surface area contributed by atoms with Crippen molar-refractivity contribution in [3.8, 4) is 0 Å². The van der Waals surface area contributed by atoms with Crippen molar-refractivity contribution in [1.82, 2.24) is 5.32 Å². The zero-order valence-corrected chi connectivity index (χ0v) is 13.7. The molecule has 0 aliphatic heterocycles. The number of rotatable bonds is 5. The summed E-state index contributed by atoms with van der Waals surface area (Å²) in [6, 6.07) is 8.25. The lowest BCUT2D eigenvalue weighted by atomic mass is 9.71. The fraction of sp³-hybridized carbons (Fsp3) is 0.571. The van der Waals surface area contributed by atoms with Crippen LogP contribution in [-0.4, -0.2) is 26.5 Å². The first-order chi connectivity index (χ1) is 8.81. The van der Waals surface area contributed by atoms with Crippen LogP contribution in [0.4, 0.5) is 0 Å². The summed E-state index contributed by atoms with van der Waals surface area (Å²) < 4.78 is 23.8. The van der Waals surface area contributed by atoms with E-state index < -0.39 is 9.84 Å². The van der Waals surface area contributed by atoms with Gasteiger partial charge in [-0.2, -0.15) is 0 Å². The minimum Gasteiger partial charge on any atom is -0.304 e. The summed E-state index contributed by atoms with van der Waals surface area (Å²) in [6.45, 7) is 1.94. The molecule has 0 heterocycles. The van der Waals surface area contributed by atoms with E-state index in [4.69, 9.17) is 0 Å². The fourth-order valence-corrected chi connectivity index (χ4v) is 4.19. The third-order valence-electron chi connectivity index (χ3n) is 3.66. The Morgan fingerprint density at radius 1 is 1.42 bits per heavy atom. The molecule has 106 valence electrons. The molecule has 1 unspecified atom stereocenters. The van der Waals surface area contributed by atoms with Gasteiger partial charge >= 0.3 is 0 Å². The predicted octanol–water partition coefficient (Wildman–Crippen LogP) is 2.85. The molecule has 0 saturated heterocycles. The van der Waals surface area contributed by atoms with Gasteiger partial charge in [-0.25, -0.2) is 8.42 Å². The second-order valence-corrected chi connectivity index (χ2v) is 8.68. The Hall–Kier alpha value is -0.390. The average Bonchev–Trinajstić information content (AvgIpc) is 2.21. The third-order valence-corrected chi connectivity index (χ3v) is 5.26. The Labute approximate surface area is 123 Å². The highest BCUT2D eigenvalue weighted by molar-refractivity contribution is 9.10. The van der Waals surface area contributed by atoms with Crippen LogP contribution in [0.2, 0.25) is 0 Å². The number of benzene rings is 1. The van der Waals surface area contributed by atoms with Gasteiger partial charge < -0.3 is 5.32 Å². The quantitative estimate of drug-likeness (QED) is 0.892. The Morgan fingerprint density at radius 3 is 2.58 bits per heavy atom. The van der Waals surface area contributed by atoms with E-state index >= 15 is 0 Å².